The van der Waals surface area contributed by atoms with Crippen molar-refractivity contribution in [1.29, 1.82) is 0 Å². The van der Waals surface area contributed by atoms with Gasteiger partial charge in [0.05, 0.1) is 6.04 Å². The molecule has 0 radical (unpaired) electrons. The van der Waals surface area contributed by atoms with E-state index in [0.29, 0.717) is 5.56 Å². The third-order valence-corrected chi connectivity index (χ3v) is 6.87. The molecule has 2 aromatic carbocycles. The van der Waals surface area contributed by atoms with E-state index in [1.54, 1.807) is 11.3 Å². The zero-order valence-electron chi connectivity index (χ0n) is 17.2. The summed E-state index contributed by atoms with van der Waals surface area (Å²) in [5.74, 6) is -0.328. The van der Waals surface area contributed by atoms with Crippen LogP contribution < -0.4 is 5.32 Å². The van der Waals surface area contributed by atoms with Crippen LogP contribution in [0.25, 0.3) is 0 Å². The molecular formula is C25H27FN2OS. The van der Waals surface area contributed by atoms with Gasteiger partial charge in [-0.25, -0.2) is 4.39 Å². The predicted octanol–water partition coefficient (Wildman–Crippen LogP) is 6.28. The van der Waals surface area contributed by atoms with Crippen LogP contribution in [0.15, 0.2) is 60.7 Å². The first-order valence-corrected chi connectivity index (χ1v) is 11.5. The van der Waals surface area contributed by atoms with E-state index in [1.165, 1.54) is 23.4 Å². The van der Waals surface area contributed by atoms with Crippen molar-refractivity contribution in [3.05, 3.63) is 88.0 Å². The van der Waals surface area contributed by atoms with Gasteiger partial charge in [-0.1, -0.05) is 43.7 Å². The lowest BCUT2D eigenvalue weighted by Crippen LogP contribution is -2.34. The first kappa shape index (κ1) is 20.8. The molecule has 5 heteroatoms. The van der Waals surface area contributed by atoms with E-state index in [0.717, 1.165) is 48.5 Å². The number of carbonyl (C=O) groups is 1. The van der Waals surface area contributed by atoms with Gasteiger partial charge in [0.15, 0.2) is 0 Å². The molecule has 1 amide bonds. The topological polar surface area (TPSA) is 32.3 Å². The van der Waals surface area contributed by atoms with Gasteiger partial charge in [-0.05, 0) is 68.2 Å². The number of hydrogen-bond acceptors (Lipinski definition) is 3. The molecule has 0 spiro atoms. The van der Waals surface area contributed by atoms with E-state index in [9.17, 15) is 9.18 Å². The van der Waals surface area contributed by atoms with Crippen LogP contribution >= 0.6 is 11.3 Å². The molecule has 1 atom stereocenters. The maximum absolute atomic E-state index is 13.6. The number of thiophene rings is 1. The van der Waals surface area contributed by atoms with E-state index in [-0.39, 0.29) is 17.8 Å². The molecule has 0 aliphatic carbocycles. The van der Waals surface area contributed by atoms with Crippen LogP contribution in [0.3, 0.4) is 0 Å². The van der Waals surface area contributed by atoms with Crippen LogP contribution in [0.4, 0.5) is 9.39 Å². The summed E-state index contributed by atoms with van der Waals surface area (Å²) in [4.78, 5) is 16.6. The second-order valence-electron chi connectivity index (χ2n) is 7.72. The Morgan fingerprint density at radius 3 is 2.43 bits per heavy atom. The molecule has 4 rings (SSSR count). The second-order valence-corrected chi connectivity index (χ2v) is 8.86. The minimum Gasteiger partial charge on any atom is -0.313 e. The third kappa shape index (κ3) is 4.63. The summed E-state index contributed by atoms with van der Waals surface area (Å²) >= 11 is 1.64. The molecule has 0 unspecified atom stereocenters. The molecule has 1 aromatic heterocycles. The molecule has 30 heavy (non-hydrogen) atoms. The Labute approximate surface area is 181 Å². The maximum Gasteiger partial charge on any atom is 0.256 e. The first-order valence-electron chi connectivity index (χ1n) is 10.6. The standard InChI is InChI=1S/C25H27FN2OS/c1-2-21-17-22(25(30-21)27-24(29)19-9-5-3-6-10-19)23(28-15-7-4-8-16-28)18-11-13-20(26)14-12-18/h3,5-6,9-14,17,23H,2,4,7-8,15-16H2,1H3,(H,27,29)/t23-/m0/s1. The highest BCUT2D eigenvalue weighted by Gasteiger charge is 2.28. The SMILES string of the molecule is CCc1cc([C@H](c2ccc(F)cc2)N2CCCCC2)c(NC(=O)c2ccccc2)s1. The number of amides is 1. The summed E-state index contributed by atoms with van der Waals surface area (Å²) in [5.41, 5.74) is 2.81. The summed E-state index contributed by atoms with van der Waals surface area (Å²) < 4.78 is 13.6. The number of nitrogens with one attached hydrogen (secondary N) is 1. The lowest BCUT2D eigenvalue weighted by Gasteiger charge is -2.35. The van der Waals surface area contributed by atoms with Crippen molar-refractivity contribution in [3.8, 4) is 0 Å². The van der Waals surface area contributed by atoms with E-state index in [1.807, 2.05) is 42.5 Å². The number of carbonyl (C=O) groups excluding carboxylic acids is 1. The van der Waals surface area contributed by atoms with Gasteiger partial charge in [0, 0.05) is 16.0 Å². The maximum atomic E-state index is 13.6. The molecule has 3 aromatic rings. The molecule has 0 saturated carbocycles. The summed E-state index contributed by atoms with van der Waals surface area (Å²) in [6, 6.07) is 18.3. The highest BCUT2D eigenvalue weighted by Crippen LogP contribution is 2.40. The van der Waals surface area contributed by atoms with E-state index in [2.05, 4.69) is 23.2 Å². The van der Waals surface area contributed by atoms with Crippen molar-refractivity contribution in [1.82, 2.24) is 4.90 Å². The lowest BCUT2D eigenvalue weighted by molar-refractivity contribution is 0.102. The number of piperidine rings is 1. The summed E-state index contributed by atoms with van der Waals surface area (Å²) in [7, 11) is 0. The number of aryl methyl sites for hydroxylation is 1. The summed E-state index contributed by atoms with van der Waals surface area (Å²) in [6.45, 7) is 4.14. The summed E-state index contributed by atoms with van der Waals surface area (Å²) in [6.07, 6.45) is 4.48. The number of hydrogen-bond donors (Lipinski definition) is 1. The number of benzene rings is 2. The Kier molecular flexibility index (Phi) is 6.60. The molecule has 1 aliphatic rings. The monoisotopic (exact) mass is 422 g/mol. The molecule has 1 fully saturated rings. The van der Waals surface area contributed by atoms with Crippen molar-refractivity contribution < 1.29 is 9.18 Å². The smallest absolute Gasteiger partial charge is 0.256 e. The van der Waals surface area contributed by atoms with Gasteiger partial charge in [-0.3, -0.25) is 9.69 Å². The first-order chi connectivity index (χ1) is 14.7. The quantitative estimate of drug-likeness (QED) is 0.507. The minimum atomic E-state index is -0.228. The van der Waals surface area contributed by atoms with Gasteiger partial charge in [0.2, 0.25) is 0 Å². The molecule has 156 valence electrons. The van der Waals surface area contributed by atoms with Crippen molar-refractivity contribution in [2.45, 2.75) is 38.6 Å². The zero-order valence-corrected chi connectivity index (χ0v) is 18.1. The average Bonchev–Trinajstić information content (AvgIpc) is 3.19. The van der Waals surface area contributed by atoms with Crippen LogP contribution in [0, 0.1) is 5.82 Å². The Bertz CT molecular complexity index is 978. The van der Waals surface area contributed by atoms with Crippen LogP contribution in [-0.4, -0.2) is 23.9 Å². The van der Waals surface area contributed by atoms with Crippen LogP contribution in [-0.2, 0) is 6.42 Å². The van der Waals surface area contributed by atoms with Crippen LogP contribution in [0.5, 0.6) is 0 Å². The highest BCUT2D eigenvalue weighted by atomic mass is 32.1. The summed E-state index contributed by atoms with van der Waals surface area (Å²) in [5, 5.41) is 4.05. The minimum absolute atomic E-state index is 0.00789. The fourth-order valence-electron chi connectivity index (χ4n) is 4.11. The molecule has 1 saturated heterocycles. The van der Waals surface area contributed by atoms with E-state index in [4.69, 9.17) is 0 Å². The number of likely N-dealkylation sites (tertiary alicyclic amines) is 1. The molecular weight excluding hydrogens is 395 g/mol. The molecule has 0 bridgehead atoms. The van der Waals surface area contributed by atoms with Crippen LogP contribution in [0.1, 0.15) is 58.6 Å². The van der Waals surface area contributed by atoms with Crippen LogP contribution in [0.2, 0.25) is 0 Å². The number of nitrogens with zero attached hydrogens (tertiary/aromatic N) is 1. The Balaban J connectivity index is 1.73. The lowest BCUT2D eigenvalue weighted by atomic mass is 9.95. The van der Waals surface area contributed by atoms with Gasteiger partial charge in [-0.15, -0.1) is 11.3 Å². The van der Waals surface area contributed by atoms with Gasteiger partial charge in [0.1, 0.15) is 10.8 Å². The normalized spacial score (nSPS) is 15.7. The fourth-order valence-corrected chi connectivity index (χ4v) is 5.13. The largest absolute Gasteiger partial charge is 0.313 e. The average molecular weight is 423 g/mol. The Hall–Kier alpha value is -2.50. The van der Waals surface area contributed by atoms with E-state index >= 15 is 0 Å². The number of rotatable bonds is 6. The van der Waals surface area contributed by atoms with Crippen molar-refractivity contribution >= 4 is 22.2 Å². The Morgan fingerprint density at radius 1 is 1.07 bits per heavy atom. The molecule has 2 heterocycles. The Morgan fingerprint density at radius 2 is 1.77 bits per heavy atom. The zero-order chi connectivity index (χ0) is 20.9. The predicted molar refractivity (Wildman–Crippen MR) is 122 cm³/mol. The molecule has 1 N–H and O–H groups in total. The third-order valence-electron chi connectivity index (χ3n) is 5.66. The highest BCUT2D eigenvalue weighted by molar-refractivity contribution is 7.16. The number of halogens is 1. The fraction of sp³-hybridized carbons (Fsp3) is 0.320. The van der Waals surface area contributed by atoms with Crippen molar-refractivity contribution in [3.63, 3.8) is 0 Å². The number of anilines is 1. The molecule has 1 aliphatic heterocycles. The van der Waals surface area contributed by atoms with Gasteiger partial charge in [-0.2, -0.15) is 0 Å². The van der Waals surface area contributed by atoms with Gasteiger partial charge in [0.25, 0.3) is 5.91 Å². The van der Waals surface area contributed by atoms with Gasteiger partial charge < -0.3 is 5.32 Å². The van der Waals surface area contributed by atoms with Crippen molar-refractivity contribution in [2.75, 3.05) is 18.4 Å². The van der Waals surface area contributed by atoms with Crippen molar-refractivity contribution in [2.24, 2.45) is 0 Å². The molecule has 3 nitrogen and oxygen atoms in total. The second kappa shape index (κ2) is 9.54. The van der Waals surface area contributed by atoms with Gasteiger partial charge >= 0.3 is 0 Å². The van der Waals surface area contributed by atoms with E-state index < -0.39 is 0 Å².